The third-order valence-electron chi connectivity index (χ3n) is 2.63. The highest BCUT2D eigenvalue weighted by Crippen LogP contribution is 2.29. The van der Waals surface area contributed by atoms with E-state index < -0.39 is 5.97 Å². The minimum Gasteiger partial charge on any atom is -0.461 e. The molecule has 18 heavy (non-hydrogen) atoms. The van der Waals surface area contributed by atoms with Crippen molar-refractivity contribution >= 4 is 28.0 Å². The van der Waals surface area contributed by atoms with Crippen LogP contribution < -0.4 is 0 Å². The molecule has 0 aliphatic carbocycles. The molecule has 0 aliphatic rings. The van der Waals surface area contributed by atoms with E-state index in [1.165, 1.54) is 6.20 Å². The van der Waals surface area contributed by atoms with E-state index in [1.807, 2.05) is 6.07 Å². The number of carbonyl (C=O) groups is 1. The van der Waals surface area contributed by atoms with Crippen molar-refractivity contribution in [1.29, 1.82) is 0 Å². The number of ether oxygens (including phenoxy) is 1. The van der Waals surface area contributed by atoms with Crippen LogP contribution in [0.4, 0.5) is 0 Å². The molecule has 90 valence electrons. The summed E-state index contributed by atoms with van der Waals surface area (Å²) in [6.07, 6.45) is 3.17. The molecule has 3 heterocycles. The fourth-order valence-corrected chi connectivity index (χ4v) is 1.91. The Hall–Kier alpha value is -2.43. The van der Waals surface area contributed by atoms with Crippen LogP contribution in [0.15, 0.2) is 35.0 Å². The Balaban J connectivity index is 2.35. The van der Waals surface area contributed by atoms with Gasteiger partial charge in [-0.2, -0.15) is 0 Å². The number of pyridine rings is 2. The Morgan fingerprint density at radius 1 is 1.33 bits per heavy atom. The topological polar surface area (TPSA) is 65.2 Å². The van der Waals surface area contributed by atoms with E-state index in [0.717, 1.165) is 5.39 Å². The van der Waals surface area contributed by atoms with E-state index in [2.05, 4.69) is 9.97 Å². The van der Waals surface area contributed by atoms with Gasteiger partial charge in [0.2, 0.25) is 5.71 Å². The normalized spacial score (nSPS) is 10.9. The zero-order chi connectivity index (χ0) is 12.5. The predicted molar refractivity (Wildman–Crippen MR) is 65.3 cm³/mol. The van der Waals surface area contributed by atoms with Gasteiger partial charge in [-0.15, -0.1) is 0 Å². The highest BCUT2D eigenvalue weighted by molar-refractivity contribution is 6.13. The molecule has 3 rings (SSSR count). The maximum Gasteiger partial charge on any atom is 0.357 e. The van der Waals surface area contributed by atoms with Gasteiger partial charge in [0.25, 0.3) is 0 Å². The number of esters is 1. The number of hydrogen-bond donors (Lipinski definition) is 0. The molecule has 0 unspecified atom stereocenters. The summed E-state index contributed by atoms with van der Waals surface area (Å²) >= 11 is 0. The van der Waals surface area contributed by atoms with Crippen molar-refractivity contribution in [2.45, 2.75) is 6.92 Å². The Bertz CT molecular complexity index is 733. The molecule has 3 aromatic rings. The molecule has 0 bridgehead atoms. The van der Waals surface area contributed by atoms with Crippen molar-refractivity contribution in [1.82, 2.24) is 9.97 Å². The third-order valence-corrected chi connectivity index (χ3v) is 2.63. The number of hydrogen-bond acceptors (Lipinski definition) is 5. The lowest BCUT2D eigenvalue weighted by atomic mass is 10.2. The summed E-state index contributed by atoms with van der Waals surface area (Å²) in [4.78, 5) is 20.1. The van der Waals surface area contributed by atoms with Gasteiger partial charge in [-0.05, 0) is 25.1 Å². The number of aromatic nitrogens is 2. The fourth-order valence-electron chi connectivity index (χ4n) is 1.91. The molecule has 0 radical (unpaired) electrons. The largest absolute Gasteiger partial charge is 0.461 e. The van der Waals surface area contributed by atoms with E-state index >= 15 is 0 Å². The second-order valence-corrected chi connectivity index (χ2v) is 3.71. The molecular formula is C13H10N2O3. The van der Waals surface area contributed by atoms with Gasteiger partial charge in [0.1, 0.15) is 5.58 Å². The van der Waals surface area contributed by atoms with Crippen LogP contribution >= 0.6 is 0 Å². The number of furan rings is 1. The van der Waals surface area contributed by atoms with Crippen molar-refractivity contribution in [2.24, 2.45) is 0 Å². The monoisotopic (exact) mass is 242 g/mol. The van der Waals surface area contributed by atoms with Gasteiger partial charge in [-0.1, -0.05) is 0 Å². The average molecular weight is 242 g/mol. The van der Waals surface area contributed by atoms with E-state index in [1.54, 1.807) is 25.3 Å². The van der Waals surface area contributed by atoms with Gasteiger partial charge in [-0.25, -0.2) is 14.8 Å². The molecule has 0 aliphatic heterocycles. The first-order valence-electron chi connectivity index (χ1n) is 5.60. The van der Waals surface area contributed by atoms with Crippen molar-refractivity contribution in [3.8, 4) is 0 Å². The van der Waals surface area contributed by atoms with Crippen LogP contribution in [0.25, 0.3) is 22.1 Å². The van der Waals surface area contributed by atoms with Crippen molar-refractivity contribution < 1.29 is 13.9 Å². The Kier molecular flexibility index (Phi) is 2.44. The first-order valence-corrected chi connectivity index (χ1v) is 5.60. The lowest BCUT2D eigenvalue weighted by Crippen LogP contribution is -2.07. The maximum atomic E-state index is 11.9. The first kappa shape index (κ1) is 10.7. The molecule has 3 aromatic heterocycles. The van der Waals surface area contributed by atoms with Crippen LogP contribution in [-0.4, -0.2) is 22.5 Å². The summed E-state index contributed by atoms with van der Waals surface area (Å²) in [7, 11) is 0. The quantitative estimate of drug-likeness (QED) is 0.646. The minimum atomic E-state index is -0.449. The van der Waals surface area contributed by atoms with Crippen LogP contribution in [0.5, 0.6) is 0 Å². The van der Waals surface area contributed by atoms with Gasteiger partial charge < -0.3 is 9.15 Å². The van der Waals surface area contributed by atoms with Crippen molar-refractivity contribution in [2.75, 3.05) is 6.61 Å². The molecule has 0 atom stereocenters. The lowest BCUT2D eigenvalue weighted by molar-refractivity contribution is 0.0522. The molecule has 0 saturated heterocycles. The molecule has 0 spiro atoms. The van der Waals surface area contributed by atoms with E-state index in [-0.39, 0.29) is 5.69 Å². The second kappa shape index (κ2) is 4.10. The number of rotatable bonds is 2. The molecule has 0 saturated carbocycles. The first-order chi connectivity index (χ1) is 8.81. The summed E-state index contributed by atoms with van der Waals surface area (Å²) in [5, 5.41) is 1.42. The highest BCUT2D eigenvalue weighted by Gasteiger charge is 2.18. The van der Waals surface area contributed by atoms with Gasteiger partial charge >= 0.3 is 5.97 Å². The SMILES string of the molecule is CCOC(=O)c1nccc2oc3ncccc3c12. The number of carbonyl (C=O) groups excluding carboxylic acids is 1. The van der Waals surface area contributed by atoms with Crippen LogP contribution in [0.1, 0.15) is 17.4 Å². The van der Waals surface area contributed by atoms with Gasteiger partial charge in [0.05, 0.1) is 17.4 Å². The lowest BCUT2D eigenvalue weighted by Gasteiger charge is -2.01. The van der Waals surface area contributed by atoms with Crippen LogP contribution in [0.2, 0.25) is 0 Å². The molecule has 5 heteroatoms. The molecular weight excluding hydrogens is 232 g/mol. The Morgan fingerprint density at radius 2 is 2.22 bits per heavy atom. The van der Waals surface area contributed by atoms with Crippen molar-refractivity contribution in [3.63, 3.8) is 0 Å². The van der Waals surface area contributed by atoms with Crippen LogP contribution in [0, 0.1) is 0 Å². The number of nitrogens with zero attached hydrogens (tertiary/aromatic N) is 2. The van der Waals surface area contributed by atoms with E-state index in [9.17, 15) is 4.79 Å². The van der Waals surface area contributed by atoms with Crippen molar-refractivity contribution in [3.05, 3.63) is 36.3 Å². The standard InChI is InChI=1S/C13H10N2O3/c1-2-17-13(16)11-10-8-4-3-6-15-12(8)18-9(10)5-7-14-11/h3-7H,2H2,1H3. The number of fused-ring (bicyclic) bond motifs is 3. The summed E-state index contributed by atoms with van der Waals surface area (Å²) in [6.45, 7) is 2.07. The smallest absolute Gasteiger partial charge is 0.357 e. The highest BCUT2D eigenvalue weighted by atomic mass is 16.5. The summed E-state index contributed by atoms with van der Waals surface area (Å²) < 4.78 is 10.6. The second-order valence-electron chi connectivity index (χ2n) is 3.71. The zero-order valence-corrected chi connectivity index (χ0v) is 9.71. The Labute approximate surface area is 102 Å². The molecule has 0 fully saturated rings. The average Bonchev–Trinajstić information content (AvgIpc) is 2.77. The molecule has 0 N–H and O–H groups in total. The predicted octanol–water partition coefficient (Wildman–Crippen LogP) is 2.55. The van der Waals surface area contributed by atoms with Gasteiger partial charge in [-0.3, -0.25) is 0 Å². The zero-order valence-electron chi connectivity index (χ0n) is 9.71. The van der Waals surface area contributed by atoms with Crippen LogP contribution in [0.3, 0.4) is 0 Å². The summed E-state index contributed by atoms with van der Waals surface area (Å²) in [6, 6.07) is 5.34. The maximum absolute atomic E-state index is 11.9. The van der Waals surface area contributed by atoms with Crippen LogP contribution in [-0.2, 0) is 4.74 Å². The third kappa shape index (κ3) is 1.52. The molecule has 0 amide bonds. The van der Waals surface area contributed by atoms with Gasteiger partial charge in [0, 0.05) is 12.4 Å². The summed E-state index contributed by atoms with van der Waals surface area (Å²) in [5.41, 5.74) is 1.34. The van der Waals surface area contributed by atoms with E-state index in [4.69, 9.17) is 9.15 Å². The minimum absolute atomic E-state index is 0.265. The molecule has 0 aromatic carbocycles. The Morgan fingerprint density at radius 3 is 3.06 bits per heavy atom. The fraction of sp³-hybridized carbons (Fsp3) is 0.154. The summed E-state index contributed by atoms with van der Waals surface area (Å²) in [5.74, 6) is -0.449. The molecule has 5 nitrogen and oxygen atoms in total. The van der Waals surface area contributed by atoms with E-state index in [0.29, 0.717) is 23.3 Å². The van der Waals surface area contributed by atoms with Gasteiger partial charge in [0.15, 0.2) is 5.69 Å².